The van der Waals surface area contributed by atoms with Crippen LogP contribution < -0.4 is 0 Å². The van der Waals surface area contributed by atoms with Gasteiger partial charge in [0.1, 0.15) is 13.2 Å². The summed E-state index contributed by atoms with van der Waals surface area (Å²) in [6, 6.07) is 0. The smallest absolute Gasteiger partial charge is 0.306 e. The van der Waals surface area contributed by atoms with Crippen LogP contribution >= 0.6 is 0 Å². The molecule has 0 heterocycles. The van der Waals surface area contributed by atoms with Crippen molar-refractivity contribution >= 4 is 17.9 Å². The Hall–Kier alpha value is -2.37. The number of hydrogen-bond donors (Lipinski definition) is 0. The Kier molecular flexibility index (Phi) is 37.5. The van der Waals surface area contributed by atoms with Gasteiger partial charge in [0.2, 0.25) is 0 Å². The van der Waals surface area contributed by atoms with Crippen LogP contribution in [0.5, 0.6) is 0 Å². The molecular weight excluding hydrogens is 624 g/mol. The zero-order valence-corrected chi connectivity index (χ0v) is 32.9. The highest BCUT2D eigenvalue weighted by Gasteiger charge is 2.19. The molecule has 0 saturated heterocycles. The number of ether oxygens (including phenoxy) is 3. The van der Waals surface area contributed by atoms with E-state index in [9.17, 15) is 14.4 Å². The fourth-order valence-electron chi connectivity index (χ4n) is 5.57. The Labute approximate surface area is 308 Å². The van der Waals surface area contributed by atoms with Crippen molar-refractivity contribution in [3.05, 3.63) is 36.5 Å². The fourth-order valence-corrected chi connectivity index (χ4v) is 5.57. The molecule has 0 aliphatic rings. The summed E-state index contributed by atoms with van der Waals surface area (Å²) >= 11 is 0. The van der Waals surface area contributed by atoms with Gasteiger partial charge in [-0.15, -0.1) is 0 Å². The van der Waals surface area contributed by atoms with Gasteiger partial charge in [0, 0.05) is 19.3 Å². The van der Waals surface area contributed by atoms with Crippen LogP contribution in [0.1, 0.15) is 207 Å². The van der Waals surface area contributed by atoms with E-state index in [1.807, 2.05) is 0 Å². The van der Waals surface area contributed by atoms with E-state index in [4.69, 9.17) is 14.2 Å². The first-order valence-corrected chi connectivity index (χ1v) is 21.0. The SMILES string of the molecule is CCCC/C=C\CCCCCCC(=O)OCC(COC(=O)CCCCCCC/C=C\CCCCC)OC(=O)CCCCCC/C=C\CCCC. The van der Waals surface area contributed by atoms with Crippen LogP contribution in [0.2, 0.25) is 0 Å². The van der Waals surface area contributed by atoms with Crippen molar-refractivity contribution in [3.8, 4) is 0 Å². The summed E-state index contributed by atoms with van der Waals surface area (Å²) in [5, 5.41) is 0. The van der Waals surface area contributed by atoms with Crippen molar-refractivity contribution in [1.29, 1.82) is 0 Å². The van der Waals surface area contributed by atoms with Gasteiger partial charge in [-0.1, -0.05) is 141 Å². The summed E-state index contributed by atoms with van der Waals surface area (Å²) in [4.78, 5) is 37.5. The minimum Gasteiger partial charge on any atom is -0.462 e. The Morgan fingerprint density at radius 2 is 0.680 bits per heavy atom. The average molecular weight is 703 g/mol. The fraction of sp³-hybridized carbons (Fsp3) is 0.795. The molecule has 6 heteroatoms. The molecule has 0 saturated carbocycles. The number of carbonyl (C=O) groups excluding carboxylic acids is 3. The van der Waals surface area contributed by atoms with Gasteiger partial charge in [-0.05, 0) is 83.5 Å². The van der Waals surface area contributed by atoms with E-state index in [1.54, 1.807) is 0 Å². The van der Waals surface area contributed by atoms with Gasteiger partial charge in [-0.3, -0.25) is 14.4 Å². The molecule has 0 amide bonds. The summed E-state index contributed by atoms with van der Waals surface area (Å²) in [7, 11) is 0. The zero-order chi connectivity index (χ0) is 36.6. The molecule has 0 aromatic carbocycles. The van der Waals surface area contributed by atoms with E-state index < -0.39 is 6.10 Å². The Morgan fingerprint density at radius 1 is 0.380 bits per heavy atom. The van der Waals surface area contributed by atoms with E-state index in [1.165, 1.54) is 64.2 Å². The lowest BCUT2D eigenvalue weighted by molar-refractivity contribution is -0.167. The lowest BCUT2D eigenvalue weighted by Crippen LogP contribution is -2.30. The lowest BCUT2D eigenvalue weighted by Gasteiger charge is -2.18. The highest BCUT2D eigenvalue weighted by atomic mass is 16.6. The molecule has 1 unspecified atom stereocenters. The van der Waals surface area contributed by atoms with Gasteiger partial charge in [-0.25, -0.2) is 0 Å². The summed E-state index contributed by atoms with van der Waals surface area (Å²) in [5.74, 6) is -0.926. The third-order valence-electron chi connectivity index (χ3n) is 8.84. The molecule has 0 bridgehead atoms. The highest BCUT2D eigenvalue weighted by Crippen LogP contribution is 2.12. The predicted molar refractivity (Wildman–Crippen MR) is 210 cm³/mol. The molecule has 0 fully saturated rings. The molecule has 6 nitrogen and oxygen atoms in total. The van der Waals surface area contributed by atoms with E-state index in [0.717, 1.165) is 103 Å². The summed E-state index contributed by atoms with van der Waals surface area (Å²) in [6.45, 7) is 6.47. The standard InChI is InChI=1S/C44H78O6/c1-4-7-10-13-16-19-22-23-26-28-31-34-37-43(46)49-40-41(50-44(47)38-35-32-29-25-21-18-15-12-9-6-3)39-48-42(45)36-33-30-27-24-20-17-14-11-8-5-2/h14-19,41H,4-13,20-40H2,1-3H3/b17-14-,18-15-,19-16-. The molecule has 0 spiro atoms. The van der Waals surface area contributed by atoms with Crippen LogP contribution in [0.25, 0.3) is 0 Å². The molecule has 0 rings (SSSR count). The second-order valence-electron chi connectivity index (χ2n) is 13.9. The van der Waals surface area contributed by atoms with Crippen LogP contribution in [0.15, 0.2) is 36.5 Å². The lowest BCUT2D eigenvalue weighted by atomic mass is 10.1. The summed E-state index contributed by atoms with van der Waals surface area (Å²) in [5.41, 5.74) is 0. The first kappa shape index (κ1) is 47.6. The summed E-state index contributed by atoms with van der Waals surface area (Å²) in [6.07, 6.45) is 42.7. The average Bonchev–Trinajstić information content (AvgIpc) is 3.11. The molecule has 0 radical (unpaired) electrons. The molecule has 0 aromatic rings. The van der Waals surface area contributed by atoms with E-state index in [-0.39, 0.29) is 31.1 Å². The minimum atomic E-state index is -0.779. The quantitative estimate of drug-likeness (QED) is 0.0277. The third-order valence-corrected chi connectivity index (χ3v) is 8.84. The van der Waals surface area contributed by atoms with Crippen molar-refractivity contribution in [2.45, 2.75) is 213 Å². The number of unbranched alkanes of at least 4 members (excludes halogenated alkanes) is 20. The van der Waals surface area contributed by atoms with Crippen molar-refractivity contribution in [2.24, 2.45) is 0 Å². The molecule has 1 atom stereocenters. The molecule has 0 aliphatic heterocycles. The maximum absolute atomic E-state index is 12.6. The first-order chi connectivity index (χ1) is 24.5. The molecule has 290 valence electrons. The number of hydrogen-bond acceptors (Lipinski definition) is 6. The maximum atomic E-state index is 12.6. The maximum Gasteiger partial charge on any atom is 0.306 e. The van der Waals surface area contributed by atoms with Crippen molar-refractivity contribution in [3.63, 3.8) is 0 Å². The van der Waals surface area contributed by atoms with E-state index in [0.29, 0.717) is 19.3 Å². The van der Waals surface area contributed by atoms with Crippen molar-refractivity contribution in [2.75, 3.05) is 13.2 Å². The van der Waals surface area contributed by atoms with E-state index in [2.05, 4.69) is 57.2 Å². The third kappa shape index (κ3) is 36.9. The predicted octanol–water partition coefficient (Wildman–Crippen LogP) is 13.0. The Balaban J connectivity index is 4.41. The second kappa shape index (κ2) is 39.4. The molecule has 0 aliphatic carbocycles. The van der Waals surface area contributed by atoms with Crippen molar-refractivity contribution < 1.29 is 28.6 Å². The van der Waals surface area contributed by atoms with Gasteiger partial charge in [0.05, 0.1) is 0 Å². The number of carbonyl (C=O) groups is 3. The van der Waals surface area contributed by atoms with Gasteiger partial charge >= 0.3 is 17.9 Å². The normalized spacial score (nSPS) is 12.3. The zero-order valence-electron chi connectivity index (χ0n) is 32.9. The number of esters is 3. The molecule has 50 heavy (non-hydrogen) atoms. The Morgan fingerprint density at radius 3 is 1.06 bits per heavy atom. The van der Waals surface area contributed by atoms with Gasteiger partial charge in [0.25, 0.3) is 0 Å². The van der Waals surface area contributed by atoms with E-state index >= 15 is 0 Å². The topological polar surface area (TPSA) is 78.9 Å². The Bertz CT molecular complexity index is 861. The minimum absolute atomic E-state index is 0.0847. The van der Waals surface area contributed by atoms with Crippen LogP contribution in [0.4, 0.5) is 0 Å². The first-order valence-electron chi connectivity index (χ1n) is 21.0. The molecule has 0 aromatic heterocycles. The van der Waals surface area contributed by atoms with Crippen LogP contribution in [-0.4, -0.2) is 37.2 Å². The van der Waals surface area contributed by atoms with Gasteiger partial charge in [-0.2, -0.15) is 0 Å². The van der Waals surface area contributed by atoms with Crippen LogP contribution in [0, 0.1) is 0 Å². The second-order valence-corrected chi connectivity index (χ2v) is 13.9. The number of allylic oxidation sites excluding steroid dienone is 6. The van der Waals surface area contributed by atoms with Crippen LogP contribution in [0.3, 0.4) is 0 Å². The summed E-state index contributed by atoms with van der Waals surface area (Å²) < 4.78 is 16.6. The number of rotatable bonds is 37. The largest absolute Gasteiger partial charge is 0.462 e. The van der Waals surface area contributed by atoms with Crippen LogP contribution in [-0.2, 0) is 28.6 Å². The highest BCUT2D eigenvalue weighted by molar-refractivity contribution is 5.71. The van der Waals surface area contributed by atoms with Gasteiger partial charge in [0.15, 0.2) is 6.10 Å². The van der Waals surface area contributed by atoms with Crippen molar-refractivity contribution in [1.82, 2.24) is 0 Å². The van der Waals surface area contributed by atoms with Gasteiger partial charge < -0.3 is 14.2 Å². The monoisotopic (exact) mass is 703 g/mol. The molecule has 0 N–H and O–H groups in total. The molecular formula is C44H78O6.